The number of amides is 1. The number of nitrogens with one attached hydrogen (secondary N) is 1. The lowest BCUT2D eigenvalue weighted by molar-refractivity contribution is -0.123. The van der Waals surface area contributed by atoms with Crippen LogP contribution in [0, 0.1) is 0 Å². The van der Waals surface area contributed by atoms with Crippen LogP contribution in [0.3, 0.4) is 0 Å². The Kier molecular flexibility index (Phi) is 47.4. The average molecular weight is 818 g/mol. The molecule has 4 heteroatoms. The summed E-state index contributed by atoms with van der Waals surface area (Å²) >= 11 is 0. The number of hydrogen-bond acceptors (Lipinski definition) is 3. The van der Waals surface area contributed by atoms with Gasteiger partial charge in [0.25, 0.3) is 0 Å². The Hall–Kier alpha value is -2.69. The maximum absolute atomic E-state index is 12.4. The van der Waals surface area contributed by atoms with Gasteiger partial charge in [-0.05, 0) is 77.0 Å². The smallest absolute Gasteiger partial charge is 0.220 e. The summed E-state index contributed by atoms with van der Waals surface area (Å²) in [6, 6.07) is -0.540. The van der Waals surface area contributed by atoms with Gasteiger partial charge in [-0.2, -0.15) is 0 Å². The quantitative estimate of drug-likeness (QED) is 0.0424. The average Bonchev–Trinajstić information content (AvgIpc) is 3.24. The molecule has 2 atom stereocenters. The summed E-state index contributed by atoms with van der Waals surface area (Å²) in [5.41, 5.74) is 0. The molecule has 0 radical (unpaired) electrons. The number of hydrogen-bond donors (Lipinski definition) is 3. The molecule has 0 aliphatic heterocycles. The van der Waals surface area contributed by atoms with Gasteiger partial charge in [0, 0.05) is 6.42 Å². The van der Waals surface area contributed by atoms with Crippen LogP contribution in [-0.4, -0.2) is 34.9 Å². The molecule has 0 rings (SSSR count). The molecular formula is C55H95NO3. The van der Waals surface area contributed by atoms with E-state index in [-0.39, 0.29) is 12.5 Å². The van der Waals surface area contributed by atoms with Gasteiger partial charge in [0.1, 0.15) is 0 Å². The Morgan fingerprint density at radius 2 is 0.746 bits per heavy atom. The Labute approximate surface area is 366 Å². The normalized spacial score (nSPS) is 13.8. The summed E-state index contributed by atoms with van der Waals surface area (Å²) in [7, 11) is 0. The third-order valence-electron chi connectivity index (χ3n) is 10.9. The van der Waals surface area contributed by atoms with Crippen LogP contribution in [0.5, 0.6) is 0 Å². The zero-order chi connectivity index (χ0) is 42.8. The number of aliphatic hydroxyl groups is 2. The van der Waals surface area contributed by atoms with Gasteiger partial charge in [-0.15, -0.1) is 0 Å². The van der Waals surface area contributed by atoms with Crippen molar-refractivity contribution in [3.63, 3.8) is 0 Å². The zero-order valence-electron chi connectivity index (χ0n) is 38.7. The minimum absolute atomic E-state index is 0.0391. The summed E-state index contributed by atoms with van der Waals surface area (Å²) in [4.78, 5) is 12.4. The molecule has 0 saturated heterocycles. The molecule has 0 saturated carbocycles. The van der Waals surface area contributed by atoms with Crippen molar-refractivity contribution < 1.29 is 15.0 Å². The second-order valence-corrected chi connectivity index (χ2v) is 16.5. The molecule has 4 nitrogen and oxygen atoms in total. The lowest BCUT2D eigenvalue weighted by Crippen LogP contribution is -2.45. The van der Waals surface area contributed by atoms with E-state index >= 15 is 0 Å². The maximum Gasteiger partial charge on any atom is 0.220 e. The minimum atomic E-state index is -0.663. The van der Waals surface area contributed by atoms with E-state index < -0.39 is 12.1 Å². The van der Waals surface area contributed by atoms with Gasteiger partial charge in [0.2, 0.25) is 5.91 Å². The summed E-state index contributed by atoms with van der Waals surface area (Å²) in [5, 5.41) is 23.1. The van der Waals surface area contributed by atoms with Crippen LogP contribution in [0.25, 0.3) is 0 Å². The highest BCUT2D eigenvalue weighted by Crippen LogP contribution is 2.15. The lowest BCUT2D eigenvalue weighted by atomic mass is 10.0. The van der Waals surface area contributed by atoms with Crippen LogP contribution in [0.4, 0.5) is 0 Å². The fraction of sp³-hybridized carbons (Fsp3) is 0.691. The molecule has 0 heterocycles. The first-order valence-electron chi connectivity index (χ1n) is 24.9. The summed E-state index contributed by atoms with van der Waals surface area (Å²) < 4.78 is 0. The van der Waals surface area contributed by atoms with Crippen LogP contribution in [-0.2, 0) is 4.79 Å². The molecule has 0 aliphatic carbocycles. The predicted molar refractivity (Wildman–Crippen MR) is 262 cm³/mol. The zero-order valence-corrected chi connectivity index (χ0v) is 38.7. The summed E-state index contributed by atoms with van der Waals surface area (Å²) in [5.74, 6) is -0.0391. The standard InChI is InChI=1S/C55H95NO3/c1-3-5-7-9-11-13-15-16-17-18-19-20-21-22-23-24-25-26-27-28-29-30-31-32-33-34-35-36-37-38-39-40-41-43-45-47-49-51-55(59)56-53(52-57)54(58)50-48-46-44-42-14-12-10-8-6-4-2/h5,7,11,13,16-17,19-20,22-23,25-26,28-29,31-32,53-54,57-58H,3-4,6,8-10,12,14-15,18,21,24,27,30,33-52H2,1-2H3,(H,56,59)/b7-5-,13-11-,17-16-,20-19-,23-22-,26-25-,29-28-,32-31-. The van der Waals surface area contributed by atoms with E-state index in [0.717, 1.165) is 77.0 Å². The highest BCUT2D eigenvalue weighted by molar-refractivity contribution is 5.76. The fourth-order valence-corrected chi connectivity index (χ4v) is 7.08. The van der Waals surface area contributed by atoms with Gasteiger partial charge in [-0.1, -0.05) is 239 Å². The van der Waals surface area contributed by atoms with E-state index in [4.69, 9.17) is 0 Å². The van der Waals surface area contributed by atoms with Crippen molar-refractivity contribution in [1.29, 1.82) is 0 Å². The van der Waals surface area contributed by atoms with Crippen molar-refractivity contribution >= 4 is 5.91 Å². The van der Waals surface area contributed by atoms with Gasteiger partial charge < -0.3 is 15.5 Å². The van der Waals surface area contributed by atoms with Crippen molar-refractivity contribution in [2.45, 2.75) is 238 Å². The first kappa shape index (κ1) is 56.3. The highest BCUT2D eigenvalue weighted by atomic mass is 16.3. The second kappa shape index (κ2) is 49.7. The van der Waals surface area contributed by atoms with E-state index in [9.17, 15) is 15.0 Å². The molecule has 0 aromatic rings. The molecule has 0 aromatic heterocycles. The van der Waals surface area contributed by atoms with Crippen molar-refractivity contribution in [2.75, 3.05) is 6.61 Å². The van der Waals surface area contributed by atoms with Gasteiger partial charge in [0.15, 0.2) is 0 Å². The van der Waals surface area contributed by atoms with Gasteiger partial charge in [-0.3, -0.25) is 4.79 Å². The largest absolute Gasteiger partial charge is 0.394 e. The van der Waals surface area contributed by atoms with Gasteiger partial charge >= 0.3 is 0 Å². The molecule has 1 amide bonds. The molecule has 3 N–H and O–H groups in total. The molecule has 59 heavy (non-hydrogen) atoms. The molecule has 0 aliphatic rings. The Balaban J connectivity index is 3.54. The minimum Gasteiger partial charge on any atom is -0.394 e. The first-order valence-corrected chi connectivity index (χ1v) is 24.9. The number of allylic oxidation sites excluding steroid dienone is 16. The monoisotopic (exact) mass is 818 g/mol. The fourth-order valence-electron chi connectivity index (χ4n) is 7.08. The van der Waals surface area contributed by atoms with Crippen LogP contribution in [0.1, 0.15) is 226 Å². The number of aliphatic hydroxyl groups excluding tert-OH is 2. The van der Waals surface area contributed by atoms with Crippen LogP contribution >= 0.6 is 0 Å². The molecule has 0 bridgehead atoms. The third-order valence-corrected chi connectivity index (χ3v) is 10.9. The Bertz CT molecular complexity index is 1110. The number of carbonyl (C=O) groups is 1. The number of rotatable bonds is 44. The SMILES string of the molecule is CC/C=C\C/C=C\C/C=C\C/C=C\C/C=C\C/C=C\C/C=C\C/C=C\CCCCCCCCCCCCCCC(=O)NC(CO)C(O)CCCCCCCCCCCC. The third kappa shape index (κ3) is 46.2. The second-order valence-electron chi connectivity index (χ2n) is 16.5. The lowest BCUT2D eigenvalue weighted by Gasteiger charge is -2.22. The topological polar surface area (TPSA) is 69.6 Å². The Morgan fingerprint density at radius 1 is 0.424 bits per heavy atom. The number of carbonyl (C=O) groups excluding carboxylic acids is 1. The highest BCUT2D eigenvalue weighted by Gasteiger charge is 2.20. The van der Waals surface area contributed by atoms with Gasteiger partial charge in [0.05, 0.1) is 18.8 Å². The van der Waals surface area contributed by atoms with E-state index in [2.05, 4.69) is 116 Å². The summed E-state index contributed by atoms with van der Waals surface area (Å²) in [6.45, 7) is 4.22. The van der Waals surface area contributed by atoms with Crippen molar-refractivity contribution in [1.82, 2.24) is 5.32 Å². The first-order chi connectivity index (χ1) is 29.2. The molecular weight excluding hydrogens is 723 g/mol. The van der Waals surface area contributed by atoms with Crippen molar-refractivity contribution in [2.24, 2.45) is 0 Å². The molecule has 338 valence electrons. The molecule has 0 aromatic carbocycles. The van der Waals surface area contributed by atoms with Crippen molar-refractivity contribution in [3.8, 4) is 0 Å². The van der Waals surface area contributed by atoms with E-state index in [0.29, 0.717) is 12.8 Å². The van der Waals surface area contributed by atoms with E-state index in [1.54, 1.807) is 0 Å². The molecule has 0 fully saturated rings. The Morgan fingerprint density at radius 3 is 1.12 bits per heavy atom. The van der Waals surface area contributed by atoms with E-state index in [1.165, 1.54) is 122 Å². The van der Waals surface area contributed by atoms with Crippen LogP contribution < -0.4 is 5.32 Å². The summed E-state index contributed by atoms with van der Waals surface area (Å²) in [6.07, 6.45) is 73.7. The predicted octanol–water partition coefficient (Wildman–Crippen LogP) is 16.2. The van der Waals surface area contributed by atoms with Crippen LogP contribution in [0.2, 0.25) is 0 Å². The van der Waals surface area contributed by atoms with Gasteiger partial charge in [-0.25, -0.2) is 0 Å². The van der Waals surface area contributed by atoms with E-state index in [1.807, 2.05) is 0 Å². The maximum atomic E-state index is 12.4. The number of unbranched alkanes of at least 4 members (excludes halogenated alkanes) is 21. The van der Waals surface area contributed by atoms with Crippen molar-refractivity contribution in [3.05, 3.63) is 97.2 Å². The van der Waals surface area contributed by atoms with Crippen LogP contribution in [0.15, 0.2) is 97.2 Å². The molecule has 0 spiro atoms. The molecule has 2 unspecified atom stereocenters.